The van der Waals surface area contributed by atoms with Crippen molar-refractivity contribution in [1.29, 1.82) is 0 Å². The molecular formula is C12H11ClN2O3. The van der Waals surface area contributed by atoms with E-state index in [1.54, 1.807) is 12.1 Å². The van der Waals surface area contributed by atoms with Gasteiger partial charge in [0, 0.05) is 16.7 Å². The van der Waals surface area contributed by atoms with Crippen LogP contribution in [0.3, 0.4) is 0 Å². The molecule has 0 unspecified atom stereocenters. The molecule has 94 valence electrons. The highest BCUT2D eigenvalue weighted by atomic mass is 35.5. The van der Waals surface area contributed by atoms with E-state index >= 15 is 0 Å². The molecule has 5 nitrogen and oxygen atoms in total. The van der Waals surface area contributed by atoms with Crippen molar-refractivity contribution < 1.29 is 4.74 Å². The van der Waals surface area contributed by atoms with Gasteiger partial charge in [-0.3, -0.25) is 9.78 Å². The van der Waals surface area contributed by atoms with Crippen molar-refractivity contribution in [1.82, 2.24) is 9.97 Å². The summed E-state index contributed by atoms with van der Waals surface area (Å²) in [5.74, 6) is 0.570. The number of ether oxygens (including phenoxy) is 1. The Balaban J connectivity index is 2.77. The maximum Gasteiger partial charge on any atom is 0.326 e. The van der Waals surface area contributed by atoms with Gasteiger partial charge in [-0.1, -0.05) is 11.6 Å². The van der Waals surface area contributed by atoms with Gasteiger partial charge in [-0.15, -0.1) is 0 Å². The van der Waals surface area contributed by atoms with Crippen molar-refractivity contribution in [2.24, 2.45) is 0 Å². The van der Waals surface area contributed by atoms with Crippen LogP contribution in [0.4, 0.5) is 0 Å². The number of hydrogen-bond acceptors (Lipinski definition) is 3. The molecule has 0 atom stereocenters. The van der Waals surface area contributed by atoms with Gasteiger partial charge in [0.25, 0.3) is 5.56 Å². The molecule has 0 aliphatic rings. The van der Waals surface area contributed by atoms with Gasteiger partial charge in [0.15, 0.2) is 0 Å². The summed E-state index contributed by atoms with van der Waals surface area (Å²) in [5, 5.41) is 0.504. The first-order valence-corrected chi connectivity index (χ1v) is 5.57. The molecule has 2 aromatic rings. The molecule has 18 heavy (non-hydrogen) atoms. The van der Waals surface area contributed by atoms with Gasteiger partial charge in [0.05, 0.1) is 12.8 Å². The van der Waals surface area contributed by atoms with E-state index in [1.165, 1.54) is 13.2 Å². The quantitative estimate of drug-likeness (QED) is 0.869. The lowest BCUT2D eigenvalue weighted by Gasteiger charge is -2.11. The van der Waals surface area contributed by atoms with Crippen molar-refractivity contribution in [3.8, 4) is 17.0 Å². The maximum absolute atomic E-state index is 11.3. The minimum Gasteiger partial charge on any atom is -0.496 e. The summed E-state index contributed by atoms with van der Waals surface area (Å²) in [4.78, 5) is 27.2. The zero-order valence-electron chi connectivity index (χ0n) is 9.83. The Bertz CT molecular complexity index is 675. The van der Waals surface area contributed by atoms with E-state index in [0.29, 0.717) is 22.0 Å². The minimum atomic E-state index is -0.572. The van der Waals surface area contributed by atoms with Crippen LogP contribution in [-0.2, 0) is 0 Å². The summed E-state index contributed by atoms with van der Waals surface area (Å²) in [6, 6.07) is 4.67. The van der Waals surface area contributed by atoms with E-state index in [9.17, 15) is 9.59 Å². The fraction of sp³-hybridized carbons (Fsp3) is 0.167. The van der Waals surface area contributed by atoms with Crippen molar-refractivity contribution >= 4 is 11.6 Å². The molecule has 0 fully saturated rings. The lowest BCUT2D eigenvalue weighted by molar-refractivity contribution is 0.413. The summed E-state index contributed by atoms with van der Waals surface area (Å²) in [7, 11) is 1.52. The average molecular weight is 267 g/mol. The Morgan fingerprint density at radius 1 is 1.17 bits per heavy atom. The van der Waals surface area contributed by atoms with Gasteiger partial charge in [0.1, 0.15) is 5.75 Å². The van der Waals surface area contributed by atoms with Gasteiger partial charge in [-0.2, -0.15) is 0 Å². The van der Waals surface area contributed by atoms with E-state index in [1.807, 2.05) is 6.92 Å². The molecule has 0 spiro atoms. The average Bonchev–Trinajstić information content (AvgIpc) is 2.26. The second-order valence-electron chi connectivity index (χ2n) is 3.80. The number of rotatable bonds is 2. The molecule has 0 saturated carbocycles. The van der Waals surface area contributed by atoms with Crippen LogP contribution in [-0.4, -0.2) is 17.1 Å². The Morgan fingerprint density at radius 2 is 1.89 bits per heavy atom. The van der Waals surface area contributed by atoms with Crippen LogP contribution in [0.5, 0.6) is 5.75 Å². The normalized spacial score (nSPS) is 10.4. The Hall–Kier alpha value is -2.01. The van der Waals surface area contributed by atoms with Gasteiger partial charge in [-0.05, 0) is 24.6 Å². The van der Waals surface area contributed by atoms with Gasteiger partial charge >= 0.3 is 5.69 Å². The predicted molar refractivity (Wildman–Crippen MR) is 69.4 cm³/mol. The first kappa shape index (κ1) is 12.4. The minimum absolute atomic E-state index is 0.367. The number of nitrogens with one attached hydrogen (secondary N) is 2. The maximum atomic E-state index is 11.3. The third kappa shape index (κ3) is 2.31. The standard InChI is InChI=1S/C12H11ClN2O3/c1-6-3-7(13)4-8(11(6)18-2)9-5-10(16)15-12(17)14-9/h3-5H,1-2H3,(H2,14,15,16,17). The second kappa shape index (κ2) is 4.70. The van der Waals surface area contributed by atoms with Crippen molar-refractivity contribution in [2.75, 3.05) is 7.11 Å². The molecule has 0 aliphatic heterocycles. The molecule has 1 heterocycles. The van der Waals surface area contributed by atoms with E-state index < -0.39 is 11.2 Å². The molecule has 2 N–H and O–H groups in total. The smallest absolute Gasteiger partial charge is 0.326 e. The van der Waals surface area contributed by atoms with Gasteiger partial charge in [-0.25, -0.2) is 4.79 Å². The molecular weight excluding hydrogens is 256 g/mol. The van der Waals surface area contributed by atoms with Crippen molar-refractivity contribution in [2.45, 2.75) is 6.92 Å². The van der Waals surface area contributed by atoms with Crippen LogP contribution in [0.2, 0.25) is 5.02 Å². The number of H-pyrrole nitrogens is 2. The molecule has 0 amide bonds. The fourth-order valence-electron chi connectivity index (χ4n) is 1.81. The van der Waals surface area contributed by atoms with Crippen LogP contribution in [0, 0.1) is 6.92 Å². The number of methoxy groups -OCH3 is 1. The van der Waals surface area contributed by atoms with Gasteiger partial charge in [0.2, 0.25) is 0 Å². The van der Waals surface area contributed by atoms with E-state index in [2.05, 4.69) is 9.97 Å². The first-order valence-electron chi connectivity index (χ1n) is 5.19. The highest BCUT2D eigenvalue weighted by molar-refractivity contribution is 6.31. The highest BCUT2D eigenvalue weighted by Crippen LogP contribution is 2.33. The molecule has 0 bridgehead atoms. The first-order chi connectivity index (χ1) is 8.51. The highest BCUT2D eigenvalue weighted by Gasteiger charge is 2.11. The third-order valence-corrected chi connectivity index (χ3v) is 2.71. The zero-order chi connectivity index (χ0) is 13.3. The number of hydrogen-bond donors (Lipinski definition) is 2. The Labute approximate surface area is 107 Å². The summed E-state index contributed by atoms with van der Waals surface area (Å²) >= 11 is 5.98. The Kier molecular flexibility index (Phi) is 3.25. The van der Waals surface area contributed by atoms with Crippen LogP contribution >= 0.6 is 11.6 Å². The number of halogens is 1. The van der Waals surface area contributed by atoms with Crippen LogP contribution in [0.1, 0.15) is 5.56 Å². The number of aryl methyl sites for hydroxylation is 1. The van der Waals surface area contributed by atoms with Crippen LogP contribution < -0.4 is 16.0 Å². The van der Waals surface area contributed by atoms with Crippen molar-refractivity contribution in [3.63, 3.8) is 0 Å². The summed E-state index contributed by atoms with van der Waals surface area (Å²) in [6.45, 7) is 1.83. The molecule has 1 aromatic heterocycles. The summed E-state index contributed by atoms with van der Waals surface area (Å²) < 4.78 is 5.27. The molecule has 0 aliphatic carbocycles. The zero-order valence-corrected chi connectivity index (χ0v) is 10.6. The Morgan fingerprint density at radius 3 is 2.50 bits per heavy atom. The van der Waals surface area contributed by atoms with Crippen LogP contribution in [0.15, 0.2) is 27.8 Å². The topological polar surface area (TPSA) is 75.0 Å². The largest absolute Gasteiger partial charge is 0.496 e. The number of benzene rings is 1. The van der Waals surface area contributed by atoms with E-state index in [4.69, 9.17) is 16.3 Å². The lowest BCUT2D eigenvalue weighted by atomic mass is 10.1. The SMILES string of the molecule is COc1c(C)cc(Cl)cc1-c1cc(=O)[nH]c(=O)[nH]1. The van der Waals surface area contributed by atoms with Gasteiger partial charge < -0.3 is 9.72 Å². The third-order valence-electron chi connectivity index (χ3n) is 2.49. The molecule has 6 heteroatoms. The molecule has 2 rings (SSSR count). The fourth-order valence-corrected chi connectivity index (χ4v) is 2.09. The molecule has 0 saturated heterocycles. The lowest BCUT2D eigenvalue weighted by Crippen LogP contribution is -2.21. The molecule has 1 aromatic carbocycles. The van der Waals surface area contributed by atoms with E-state index in [0.717, 1.165) is 5.56 Å². The second-order valence-corrected chi connectivity index (χ2v) is 4.24. The summed E-state index contributed by atoms with van der Waals surface area (Å²) in [5.41, 5.74) is 0.712. The monoisotopic (exact) mass is 266 g/mol. The summed E-state index contributed by atoms with van der Waals surface area (Å²) in [6.07, 6.45) is 0. The molecule has 0 radical (unpaired) electrons. The predicted octanol–water partition coefficient (Wildman–Crippen LogP) is 1.70. The number of aromatic nitrogens is 2. The number of aromatic amines is 2. The van der Waals surface area contributed by atoms with Crippen molar-refractivity contribution in [3.05, 3.63) is 49.6 Å². The van der Waals surface area contributed by atoms with E-state index in [-0.39, 0.29) is 0 Å². The van der Waals surface area contributed by atoms with Crippen LogP contribution in [0.25, 0.3) is 11.3 Å².